The van der Waals surface area contributed by atoms with E-state index in [2.05, 4.69) is 16.3 Å². The van der Waals surface area contributed by atoms with Crippen LogP contribution in [0, 0.1) is 5.92 Å². The van der Waals surface area contributed by atoms with E-state index in [1.54, 1.807) is 11.1 Å². The molecule has 0 radical (unpaired) electrons. The Balaban J connectivity index is 1.77. The lowest BCUT2D eigenvalue weighted by molar-refractivity contribution is -0.137. The van der Waals surface area contributed by atoms with Gasteiger partial charge in [-0.25, -0.2) is 0 Å². The molecule has 3 N–H and O–H groups in total. The third-order valence-electron chi connectivity index (χ3n) is 3.82. The Morgan fingerprint density at radius 2 is 1.90 bits per heavy atom. The van der Waals surface area contributed by atoms with E-state index in [9.17, 15) is 13.2 Å². The van der Waals surface area contributed by atoms with Gasteiger partial charge in [0.1, 0.15) is 0 Å². The van der Waals surface area contributed by atoms with Gasteiger partial charge in [0.25, 0.3) is 0 Å². The Morgan fingerprint density at radius 3 is 2.62 bits per heavy atom. The van der Waals surface area contributed by atoms with Gasteiger partial charge in [-0.15, -0.1) is 5.53 Å². The summed E-state index contributed by atoms with van der Waals surface area (Å²) >= 11 is 0. The number of allylic oxidation sites excluding steroid dienone is 1. The number of nitrogens with one attached hydrogen (secondary N) is 3. The molecule has 1 aromatic carbocycles. The highest BCUT2D eigenvalue weighted by Gasteiger charge is 2.31. The first-order valence-electron chi connectivity index (χ1n) is 6.94. The minimum absolute atomic E-state index is 0.412. The van der Waals surface area contributed by atoms with Crippen LogP contribution in [-0.4, -0.2) is 13.1 Å². The quantitative estimate of drug-likeness (QED) is 0.784. The molecular formula is C14H17F3N4. The van der Waals surface area contributed by atoms with Crippen molar-refractivity contribution >= 4 is 5.69 Å². The molecule has 0 unspecified atom stereocenters. The molecule has 7 heteroatoms. The molecule has 1 saturated heterocycles. The SMILES string of the molecule is FC(F)(F)c1cccc(N2C=C(C3CCNCC3)NN2)c1. The van der Waals surface area contributed by atoms with E-state index in [0.717, 1.165) is 43.8 Å². The van der Waals surface area contributed by atoms with Gasteiger partial charge in [0.15, 0.2) is 0 Å². The lowest BCUT2D eigenvalue weighted by atomic mass is 9.95. The zero-order valence-corrected chi connectivity index (χ0v) is 11.4. The summed E-state index contributed by atoms with van der Waals surface area (Å²) < 4.78 is 38.2. The fourth-order valence-electron chi connectivity index (χ4n) is 2.64. The Hall–Kier alpha value is -1.73. The van der Waals surface area contributed by atoms with Gasteiger partial charge in [-0.2, -0.15) is 13.2 Å². The molecule has 2 aliphatic rings. The lowest BCUT2D eigenvalue weighted by Crippen LogP contribution is -2.38. The van der Waals surface area contributed by atoms with E-state index in [-0.39, 0.29) is 0 Å². The van der Waals surface area contributed by atoms with Gasteiger partial charge < -0.3 is 10.7 Å². The van der Waals surface area contributed by atoms with Gasteiger partial charge in [-0.3, -0.25) is 5.01 Å². The van der Waals surface area contributed by atoms with Crippen molar-refractivity contribution in [3.05, 3.63) is 41.7 Å². The first-order valence-corrected chi connectivity index (χ1v) is 6.94. The normalized spacial score (nSPS) is 20.3. The van der Waals surface area contributed by atoms with E-state index < -0.39 is 11.7 Å². The molecule has 2 heterocycles. The smallest absolute Gasteiger partial charge is 0.317 e. The van der Waals surface area contributed by atoms with Crippen molar-refractivity contribution in [2.45, 2.75) is 19.0 Å². The highest BCUT2D eigenvalue weighted by atomic mass is 19.4. The molecule has 1 fully saturated rings. The summed E-state index contributed by atoms with van der Waals surface area (Å²) in [5.74, 6) is 0.412. The summed E-state index contributed by atoms with van der Waals surface area (Å²) in [6.45, 7) is 1.93. The number of alkyl halides is 3. The molecule has 0 bridgehead atoms. The molecule has 0 atom stereocenters. The molecule has 0 amide bonds. The number of hydrazine groups is 2. The highest BCUT2D eigenvalue weighted by Crippen LogP contribution is 2.32. The molecule has 4 nitrogen and oxygen atoms in total. The van der Waals surface area contributed by atoms with Crippen LogP contribution < -0.4 is 21.3 Å². The number of rotatable bonds is 2. The molecule has 1 aromatic rings. The maximum absolute atomic E-state index is 12.7. The van der Waals surface area contributed by atoms with Crippen molar-refractivity contribution in [2.75, 3.05) is 18.1 Å². The fraction of sp³-hybridized carbons (Fsp3) is 0.429. The molecule has 0 saturated carbocycles. The fourth-order valence-corrected chi connectivity index (χ4v) is 2.64. The van der Waals surface area contributed by atoms with Gasteiger partial charge in [0, 0.05) is 17.8 Å². The lowest BCUT2D eigenvalue weighted by Gasteiger charge is -2.22. The van der Waals surface area contributed by atoms with E-state index >= 15 is 0 Å². The second kappa shape index (κ2) is 5.57. The predicted octanol–water partition coefficient (Wildman–Crippen LogP) is 2.38. The van der Waals surface area contributed by atoms with E-state index in [1.165, 1.54) is 6.07 Å². The van der Waals surface area contributed by atoms with Gasteiger partial charge in [-0.05, 0) is 44.1 Å². The van der Waals surface area contributed by atoms with Crippen LogP contribution in [0.4, 0.5) is 18.9 Å². The van der Waals surface area contributed by atoms with Gasteiger partial charge >= 0.3 is 6.18 Å². The van der Waals surface area contributed by atoms with Crippen molar-refractivity contribution in [3.63, 3.8) is 0 Å². The number of halogens is 3. The number of hydrogen-bond donors (Lipinski definition) is 3. The molecule has 0 spiro atoms. The van der Waals surface area contributed by atoms with Crippen LogP contribution in [0.2, 0.25) is 0 Å². The van der Waals surface area contributed by atoms with Crippen LogP contribution in [0.1, 0.15) is 18.4 Å². The number of piperidine rings is 1. The second-order valence-corrected chi connectivity index (χ2v) is 5.26. The molecule has 3 rings (SSSR count). The van der Waals surface area contributed by atoms with Crippen LogP contribution in [0.25, 0.3) is 0 Å². The van der Waals surface area contributed by atoms with Gasteiger partial charge in [-0.1, -0.05) is 6.07 Å². The zero-order valence-electron chi connectivity index (χ0n) is 11.4. The summed E-state index contributed by atoms with van der Waals surface area (Å²) in [7, 11) is 0. The van der Waals surface area contributed by atoms with Crippen LogP contribution >= 0.6 is 0 Å². The highest BCUT2D eigenvalue weighted by molar-refractivity contribution is 5.52. The minimum Gasteiger partial charge on any atom is -0.317 e. The topological polar surface area (TPSA) is 39.3 Å². The predicted molar refractivity (Wildman–Crippen MR) is 73.9 cm³/mol. The van der Waals surface area contributed by atoms with Crippen molar-refractivity contribution in [1.82, 2.24) is 16.3 Å². The van der Waals surface area contributed by atoms with Crippen LogP contribution in [-0.2, 0) is 6.18 Å². The second-order valence-electron chi connectivity index (χ2n) is 5.26. The van der Waals surface area contributed by atoms with Crippen molar-refractivity contribution in [2.24, 2.45) is 5.92 Å². The van der Waals surface area contributed by atoms with Gasteiger partial charge in [0.2, 0.25) is 0 Å². The van der Waals surface area contributed by atoms with Crippen LogP contribution in [0.5, 0.6) is 0 Å². The van der Waals surface area contributed by atoms with Crippen molar-refractivity contribution in [1.29, 1.82) is 0 Å². The third kappa shape index (κ3) is 3.14. The van der Waals surface area contributed by atoms with Crippen molar-refractivity contribution < 1.29 is 13.2 Å². The Bertz CT molecular complexity index is 535. The third-order valence-corrected chi connectivity index (χ3v) is 3.82. The summed E-state index contributed by atoms with van der Waals surface area (Å²) in [4.78, 5) is 0. The molecule has 21 heavy (non-hydrogen) atoms. The van der Waals surface area contributed by atoms with Gasteiger partial charge in [0.05, 0.1) is 11.3 Å². The first-order chi connectivity index (χ1) is 10.0. The van der Waals surface area contributed by atoms with E-state index in [4.69, 9.17) is 0 Å². The Morgan fingerprint density at radius 1 is 1.14 bits per heavy atom. The largest absolute Gasteiger partial charge is 0.416 e. The van der Waals surface area contributed by atoms with E-state index in [1.807, 2.05) is 6.20 Å². The molecule has 114 valence electrons. The summed E-state index contributed by atoms with van der Waals surface area (Å²) in [5, 5.41) is 4.88. The van der Waals surface area contributed by atoms with Crippen LogP contribution in [0.3, 0.4) is 0 Å². The maximum atomic E-state index is 12.7. The van der Waals surface area contributed by atoms with Crippen molar-refractivity contribution in [3.8, 4) is 0 Å². The number of hydrogen-bond acceptors (Lipinski definition) is 4. The first kappa shape index (κ1) is 14.2. The maximum Gasteiger partial charge on any atom is 0.416 e. The molecule has 0 aliphatic carbocycles. The zero-order chi connectivity index (χ0) is 14.9. The summed E-state index contributed by atoms with van der Waals surface area (Å²) in [5.41, 5.74) is 6.80. The van der Waals surface area contributed by atoms with E-state index in [0.29, 0.717) is 11.6 Å². The number of nitrogens with zero attached hydrogens (tertiary/aromatic N) is 1. The minimum atomic E-state index is -4.33. The average molecular weight is 298 g/mol. The monoisotopic (exact) mass is 298 g/mol. The standard InChI is InChI=1S/C14H17F3N4/c15-14(16,17)11-2-1-3-12(8-11)21-9-13(19-20-21)10-4-6-18-7-5-10/h1-3,8-10,18-20H,4-7H2. The summed E-state index contributed by atoms with van der Waals surface area (Å²) in [6, 6.07) is 5.27. The molecule has 0 aromatic heterocycles. The number of anilines is 1. The average Bonchev–Trinajstić information content (AvgIpc) is 2.97. The Kier molecular flexibility index (Phi) is 3.77. The summed E-state index contributed by atoms with van der Waals surface area (Å²) in [6.07, 6.45) is -0.440. The van der Waals surface area contributed by atoms with Crippen LogP contribution in [0.15, 0.2) is 36.2 Å². The molecule has 2 aliphatic heterocycles. The number of benzene rings is 1. The Labute approximate surface area is 120 Å². The molecular weight excluding hydrogens is 281 g/mol.